The number of carbonyl (C=O) groups is 4. The fourth-order valence-corrected chi connectivity index (χ4v) is 8.53. The summed E-state index contributed by atoms with van der Waals surface area (Å²) in [5.74, 6) is -1.40. The first-order valence-corrected chi connectivity index (χ1v) is 24.6. The first kappa shape index (κ1) is 55.7. The van der Waals surface area contributed by atoms with Gasteiger partial charge in [-0.05, 0) is 90.3 Å². The standard InChI is InChI=1S/C25H29ClFN7O2.C21H27ClFN5O2.C4H3ClN2/c1-25(2,3)20(23(36)28-4)32-22(35)19-18-14-33(24-29-9-5-10-30-24)11-6-12-34(18)21(31-19)16-8-7-15(26)13-17(16)27;1-21(2,3)17(20(30)24-4)27-19(29)16-15-11-25-8-5-9-28(15)18(26-16)13-7-6-12(22)10-14(13)23;5-4-6-2-1-3-7-4/h5,7-10,13,20H,6,11-12,14H2,1-4H3,(H,28,36)(H,32,35);6-7,10,17,25H,5,8-9,11H2,1-4H3,(H,24,30)(H,27,29);1-3H/t20-;17-;/m11./s1. The van der Waals surface area contributed by atoms with E-state index in [0.717, 1.165) is 13.0 Å². The number of likely N-dealkylation sites (N-methyl/N-ethyl adjacent to an activating group) is 2. The third-order valence-electron chi connectivity index (χ3n) is 11.8. The van der Waals surface area contributed by atoms with Gasteiger partial charge >= 0.3 is 0 Å². The van der Waals surface area contributed by atoms with Crippen LogP contribution in [-0.4, -0.2) is 102 Å². The minimum Gasteiger partial charge on any atom is -0.357 e. The van der Waals surface area contributed by atoms with Gasteiger partial charge in [0.25, 0.3) is 11.8 Å². The van der Waals surface area contributed by atoms with Crippen molar-refractivity contribution in [3.8, 4) is 22.8 Å². The molecule has 18 nitrogen and oxygen atoms in total. The van der Waals surface area contributed by atoms with Crippen molar-refractivity contribution in [2.45, 2.75) is 92.6 Å². The zero-order valence-electron chi connectivity index (χ0n) is 41.8. The number of nitrogens with one attached hydrogen (secondary N) is 5. The van der Waals surface area contributed by atoms with E-state index in [1.165, 1.54) is 26.2 Å². The summed E-state index contributed by atoms with van der Waals surface area (Å²) in [6.07, 6.45) is 8.02. The maximum absolute atomic E-state index is 15.0. The second-order valence-electron chi connectivity index (χ2n) is 19.2. The number of rotatable bonds is 9. The Morgan fingerprint density at radius 3 is 1.53 bits per heavy atom. The van der Waals surface area contributed by atoms with Gasteiger partial charge in [0.2, 0.25) is 23.0 Å². The molecule has 2 aliphatic heterocycles. The Hall–Kier alpha value is -6.61. The van der Waals surface area contributed by atoms with Gasteiger partial charge in [-0.1, -0.05) is 64.7 Å². The van der Waals surface area contributed by atoms with Crippen LogP contribution in [0.4, 0.5) is 14.7 Å². The molecule has 73 heavy (non-hydrogen) atoms. The first-order valence-electron chi connectivity index (χ1n) is 23.4. The molecule has 5 N–H and O–H groups in total. The van der Waals surface area contributed by atoms with E-state index in [9.17, 15) is 28.0 Å². The highest BCUT2D eigenvalue weighted by Gasteiger charge is 2.37. The summed E-state index contributed by atoms with van der Waals surface area (Å²) in [5, 5.41) is 15.0. The van der Waals surface area contributed by atoms with Crippen LogP contribution in [0.1, 0.15) is 86.7 Å². The zero-order valence-corrected chi connectivity index (χ0v) is 44.1. The third-order valence-corrected chi connectivity index (χ3v) is 12.4. The molecule has 388 valence electrons. The first-order chi connectivity index (χ1) is 34.6. The van der Waals surface area contributed by atoms with E-state index in [1.807, 2.05) is 55.6 Å². The normalized spacial score (nSPS) is 14.2. The van der Waals surface area contributed by atoms with Crippen LogP contribution in [0.2, 0.25) is 15.3 Å². The molecule has 0 saturated carbocycles. The van der Waals surface area contributed by atoms with Gasteiger partial charge < -0.3 is 40.6 Å². The molecule has 0 fully saturated rings. The highest BCUT2D eigenvalue weighted by atomic mass is 35.5. The number of fused-ring (bicyclic) bond motifs is 2. The lowest BCUT2D eigenvalue weighted by atomic mass is 9.86. The van der Waals surface area contributed by atoms with Crippen molar-refractivity contribution in [1.82, 2.24) is 65.6 Å². The van der Waals surface area contributed by atoms with Crippen molar-refractivity contribution in [3.63, 3.8) is 0 Å². The van der Waals surface area contributed by atoms with Crippen molar-refractivity contribution < 1.29 is 28.0 Å². The summed E-state index contributed by atoms with van der Waals surface area (Å²) >= 11 is 17.2. The molecular formula is C50H59Cl3F2N14O4. The van der Waals surface area contributed by atoms with Crippen LogP contribution >= 0.6 is 34.8 Å². The number of benzene rings is 2. The molecular weight excluding hydrogens is 1000 g/mol. The number of carbonyl (C=O) groups excluding carboxylic acids is 4. The maximum atomic E-state index is 15.0. The van der Waals surface area contributed by atoms with E-state index in [4.69, 9.17) is 34.8 Å². The Labute approximate surface area is 437 Å². The maximum Gasteiger partial charge on any atom is 0.272 e. The van der Waals surface area contributed by atoms with Crippen molar-refractivity contribution in [3.05, 3.63) is 123 Å². The van der Waals surface area contributed by atoms with E-state index in [0.29, 0.717) is 66.9 Å². The average molecular weight is 1060 g/mol. The number of aromatic nitrogens is 8. The summed E-state index contributed by atoms with van der Waals surface area (Å²) in [6, 6.07) is 10.7. The van der Waals surface area contributed by atoms with E-state index in [-0.39, 0.29) is 50.9 Å². The lowest BCUT2D eigenvalue weighted by Crippen LogP contribution is -2.53. The number of imidazole rings is 2. The molecule has 0 spiro atoms. The molecule has 0 aliphatic carbocycles. The van der Waals surface area contributed by atoms with Crippen LogP contribution in [0.15, 0.2) is 73.3 Å². The number of amides is 4. The number of nitrogens with zero attached hydrogens (tertiary/aromatic N) is 9. The quantitative estimate of drug-likeness (QED) is 0.0902. The predicted octanol–water partition coefficient (Wildman–Crippen LogP) is 7.29. The minimum absolute atomic E-state index is 0.125. The highest BCUT2D eigenvalue weighted by Crippen LogP contribution is 2.32. The Kier molecular flexibility index (Phi) is 18.6. The zero-order chi connectivity index (χ0) is 53.2. The van der Waals surface area contributed by atoms with Crippen LogP contribution in [0.5, 0.6) is 0 Å². The largest absolute Gasteiger partial charge is 0.357 e. The molecule has 0 bridgehead atoms. The van der Waals surface area contributed by atoms with Crippen molar-refractivity contribution >= 4 is 64.4 Å². The van der Waals surface area contributed by atoms with Gasteiger partial charge in [0.15, 0.2) is 11.4 Å². The smallest absolute Gasteiger partial charge is 0.272 e. The van der Waals surface area contributed by atoms with Gasteiger partial charge in [0.1, 0.15) is 35.4 Å². The molecule has 4 amide bonds. The molecule has 6 heterocycles. The molecule has 0 radical (unpaired) electrons. The molecule has 6 aromatic rings. The van der Waals surface area contributed by atoms with Gasteiger partial charge in [-0.2, -0.15) is 0 Å². The molecule has 8 rings (SSSR count). The molecule has 0 saturated heterocycles. The Morgan fingerprint density at radius 2 is 1.10 bits per heavy atom. The summed E-state index contributed by atoms with van der Waals surface area (Å²) in [5.41, 5.74) is 1.03. The second kappa shape index (κ2) is 24.4. The topological polar surface area (TPSA) is 219 Å². The fourth-order valence-electron chi connectivity index (χ4n) is 8.10. The van der Waals surface area contributed by atoms with Crippen LogP contribution in [-0.2, 0) is 35.8 Å². The molecule has 23 heteroatoms. The van der Waals surface area contributed by atoms with Gasteiger partial charge in [0, 0.05) is 75.1 Å². The SMILES string of the molecule is CNC(=O)[C@@H](NC(=O)c1nc(-c2ccc(Cl)cc2F)n2c1CN(c1ncccn1)CCC2)C(C)(C)C.CNC(=O)[C@@H](NC(=O)c1nc(-c2ccc(Cl)cc2F)n2c1CNCCC2)C(C)(C)C.Clc1ncccn1. The van der Waals surface area contributed by atoms with Crippen molar-refractivity contribution in [2.24, 2.45) is 10.8 Å². The van der Waals surface area contributed by atoms with Crippen LogP contribution < -0.4 is 31.5 Å². The number of anilines is 1. The fraction of sp³-hybridized carbons (Fsp3) is 0.400. The monoisotopic (exact) mass is 1060 g/mol. The van der Waals surface area contributed by atoms with Gasteiger partial charge in [-0.15, -0.1) is 0 Å². The minimum atomic E-state index is -0.803. The van der Waals surface area contributed by atoms with Crippen LogP contribution in [0.25, 0.3) is 22.8 Å². The molecule has 2 atom stereocenters. The van der Waals surface area contributed by atoms with Crippen LogP contribution in [0, 0.1) is 22.5 Å². The van der Waals surface area contributed by atoms with Crippen molar-refractivity contribution in [2.75, 3.05) is 32.1 Å². The van der Waals surface area contributed by atoms with E-state index < -0.39 is 46.4 Å². The Bertz CT molecular complexity index is 2910. The number of halogens is 5. The summed E-state index contributed by atoms with van der Waals surface area (Å²) in [7, 11) is 3.05. The highest BCUT2D eigenvalue weighted by molar-refractivity contribution is 6.31. The van der Waals surface area contributed by atoms with Gasteiger partial charge in [-0.3, -0.25) is 19.2 Å². The molecule has 2 aromatic carbocycles. The van der Waals surface area contributed by atoms with Crippen LogP contribution in [0.3, 0.4) is 0 Å². The Balaban J connectivity index is 0.000000212. The lowest BCUT2D eigenvalue weighted by molar-refractivity contribution is -0.125. The van der Waals surface area contributed by atoms with E-state index in [1.54, 1.807) is 61.2 Å². The van der Waals surface area contributed by atoms with E-state index >= 15 is 0 Å². The second-order valence-corrected chi connectivity index (χ2v) is 20.4. The molecule has 0 unspecified atom stereocenters. The molecule has 2 aliphatic rings. The Morgan fingerprint density at radius 1 is 0.644 bits per heavy atom. The summed E-state index contributed by atoms with van der Waals surface area (Å²) in [6.45, 7) is 14.4. The number of hydrogen-bond acceptors (Lipinski definition) is 12. The van der Waals surface area contributed by atoms with Crippen molar-refractivity contribution in [1.29, 1.82) is 0 Å². The average Bonchev–Trinajstić information content (AvgIpc) is 3.65. The van der Waals surface area contributed by atoms with Gasteiger partial charge in [-0.25, -0.2) is 38.7 Å². The van der Waals surface area contributed by atoms with Gasteiger partial charge in [0.05, 0.1) is 29.1 Å². The predicted molar refractivity (Wildman–Crippen MR) is 276 cm³/mol. The summed E-state index contributed by atoms with van der Waals surface area (Å²) in [4.78, 5) is 78.8. The third kappa shape index (κ3) is 13.9. The summed E-state index contributed by atoms with van der Waals surface area (Å²) < 4.78 is 33.3. The number of hydrogen-bond donors (Lipinski definition) is 5. The molecule has 4 aromatic heterocycles. The van der Waals surface area contributed by atoms with E-state index in [2.05, 4.69) is 56.5 Å². The lowest BCUT2D eigenvalue weighted by Gasteiger charge is -2.29.